The highest BCUT2D eigenvalue weighted by Crippen LogP contribution is 2.23. The summed E-state index contributed by atoms with van der Waals surface area (Å²) < 4.78 is 5.12. The first kappa shape index (κ1) is 7.09. The zero-order valence-corrected chi connectivity index (χ0v) is 6.74. The zero-order valence-electron chi connectivity index (χ0n) is 6.74. The van der Waals surface area contributed by atoms with Gasteiger partial charge in [-0.15, -0.1) is 0 Å². The fourth-order valence-electron chi connectivity index (χ4n) is 1.23. The van der Waals surface area contributed by atoms with E-state index in [1.807, 2.05) is 6.92 Å². The molecule has 4 heteroatoms. The molecular formula is C8H9N3O. The molecule has 0 aliphatic heterocycles. The molecule has 0 amide bonds. The number of furan rings is 1. The molecule has 12 heavy (non-hydrogen) atoms. The molecule has 62 valence electrons. The molecule has 0 fully saturated rings. The number of nitrogens with zero attached hydrogens (tertiary/aromatic N) is 2. The van der Waals surface area contributed by atoms with E-state index >= 15 is 0 Å². The second kappa shape index (κ2) is 2.48. The number of nitrogens with two attached hydrogens (primary N) is 1. The lowest BCUT2D eigenvalue weighted by Gasteiger charge is -1.95. The third-order valence-electron chi connectivity index (χ3n) is 1.81. The normalized spacial score (nSPS) is 10.8. The van der Waals surface area contributed by atoms with E-state index in [1.165, 1.54) is 12.6 Å². The zero-order chi connectivity index (χ0) is 8.55. The second-order valence-electron chi connectivity index (χ2n) is 2.55. The Kier molecular flexibility index (Phi) is 1.46. The highest BCUT2D eigenvalue weighted by molar-refractivity contribution is 5.88. The Hall–Kier alpha value is -1.58. The summed E-state index contributed by atoms with van der Waals surface area (Å²) in [6.45, 7) is 2.02. The average molecular weight is 163 g/mol. The van der Waals surface area contributed by atoms with Gasteiger partial charge >= 0.3 is 0 Å². The van der Waals surface area contributed by atoms with Gasteiger partial charge in [-0.1, -0.05) is 6.92 Å². The minimum atomic E-state index is 0.569. The van der Waals surface area contributed by atoms with E-state index in [0.717, 1.165) is 17.5 Å². The van der Waals surface area contributed by atoms with Crippen molar-refractivity contribution in [3.63, 3.8) is 0 Å². The number of rotatable bonds is 1. The van der Waals surface area contributed by atoms with Gasteiger partial charge in [-0.05, 0) is 6.42 Å². The van der Waals surface area contributed by atoms with E-state index in [9.17, 15) is 0 Å². The van der Waals surface area contributed by atoms with E-state index < -0.39 is 0 Å². The predicted octanol–water partition coefficient (Wildman–Crippen LogP) is 1.37. The minimum absolute atomic E-state index is 0.569. The maximum atomic E-state index is 5.68. The van der Waals surface area contributed by atoms with Crippen LogP contribution in [0.5, 0.6) is 0 Å². The van der Waals surface area contributed by atoms with E-state index in [2.05, 4.69) is 9.97 Å². The molecule has 4 nitrogen and oxygen atoms in total. The molecule has 0 saturated carbocycles. The third-order valence-corrected chi connectivity index (χ3v) is 1.81. The van der Waals surface area contributed by atoms with E-state index in [1.54, 1.807) is 0 Å². The van der Waals surface area contributed by atoms with Crippen LogP contribution in [0.1, 0.15) is 12.6 Å². The number of anilines is 1. The summed E-state index contributed by atoms with van der Waals surface area (Å²) in [6, 6.07) is 0. The van der Waals surface area contributed by atoms with Gasteiger partial charge in [0.25, 0.3) is 0 Å². The summed E-state index contributed by atoms with van der Waals surface area (Å²) in [4.78, 5) is 8.06. The van der Waals surface area contributed by atoms with Crippen LogP contribution in [0.2, 0.25) is 0 Å². The molecule has 0 aromatic carbocycles. The van der Waals surface area contributed by atoms with Crippen molar-refractivity contribution in [2.24, 2.45) is 0 Å². The molecule has 0 unspecified atom stereocenters. The number of hydrogen-bond acceptors (Lipinski definition) is 4. The molecule has 0 saturated heterocycles. The van der Waals surface area contributed by atoms with Gasteiger partial charge < -0.3 is 10.2 Å². The van der Waals surface area contributed by atoms with Crippen molar-refractivity contribution < 1.29 is 4.42 Å². The van der Waals surface area contributed by atoms with Gasteiger partial charge in [-0.3, -0.25) is 0 Å². The van der Waals surface area contributed by atoms with Crippen LogP contribution in [0, 0.1) is 0 Å². The van der Waals surface area contributed by atoms with Gasteiger partial charge in [-0.2, -0.15) is 0 Å². The number of fused-ring (bicyclic) bond motifs is 1. The van der Waals surface area contributed by atoms with E-state index in [0.29, 0.717) is 11.4 Å². The molecule has 0 bridgehead atoms. The van der Waals surface area contributed by atoms with Crippen LogP contribution < -0.4 is 5.73 Å². The van der Waals surface area contributed by atoms with Gasteiger partial charge in [0, 0.05) is 0 Å². The van der Waals surface area contributed by atoms with Crippen molar-refractivity contribution in [3.8, 4) is 0 Å². The van der Waals surface area contributed by atoms with E-state index in [-0.39, 0.29) is 0 Å². The molecular weight excluding hydrogens is 154 g/mol. The number of hydrogen-bond donors (Lipinski definition) is 1. The Bertz CT molecular complexity index is 408. The Morgan fingerprint density at radius 3 is 3.08 bits per heavy atom. The Balaban J connectivity index is 2.84. The lowest BCUT2D eigenvalue weighted by molar-refractivity contribution is 0.603. The van der Waals surface area contributed by atoms with Gasteiger partial charge in [0.15, 0.2) is 0 Å². The van der Waals surface area contributed by atoms with Crippen molar-refractivity contribution in [2.75, 3.05) is 5.73 Å². The number of aryl methyl sites for hydroxylation is 1. The Morgan fingerprint density at radius 1 is 1.50 bits per heavy atom. The molecule has 2 heterocycles. The Labute approximate surface area is 69.4 Å². The fourth-order valence-corrected chi connectivity index (χ4v) is 1.23. The quantitative estimate of drug-likeness (QED) is 0.689. The standard InChI is InChI=1S/C8H9N3O/c1-2-6-7-5(9)3-12-8(7)11-4-10-6/h3-4H,2,9H2,1H3. The van der Waals surface area contributed by atoms with Crippen LogP contribution in [0.25, 0.3) is 11.1 Å². The number of aromatic nitrogens is 2. The predicted molar refractivity (Wildman–Crippen MR) is 45.6 cm³/mol. The molecule has 0 aliphatic rings. The van der Waals surface area contributed by atoms with Gasteiger partial charge in [0.1, 0.15) is 12.6 Å². The molecule has 2 rings (SSSR count). The highest BCUT2D eigenvalue weighted by atomic mass is 16.3. The maximum absolute atomic E-state index is 5.68. The van der Waals surface area contributed by atoms with Crippen LogP contribution in [-0.2, 0) is 6.42 Å². The SMILES string of the molecule is CCc1ncnc2occ(N)c12. The summed E-state index contributed by atoms with van der Waals surface area (Å²) in [5, 5.41) is 0.847. The maximum Gasteiger partial charge on any atom is 0.231 e. The summed E-state index contributed by atoms with van der Waals surface area (Å²) in [5.41, 5.74) is 7.80. The largest absolute Gasteiger partial charge is 0.444 e. The van der Waals surface area contributed by atoms with Crippen molar-refractivity contribution >= 4 is 16.8 Å². The summed E-state index contributed by atoms with van der Waals surface area (Å²) >= 11 is 0. The van der Waals surface area contributed by atoms with Crippen LogP contribution >= 0.6 is 0 Å². The fraction of sp³-hybridized carbons (Fsp3) is 0.250. The molecule has 2 aromatic rings. The molecule has 0 aliphatic carbocycles. The summed E-state index contributed by atoms with van der Waals surface area (Å²) in [7, 11) is 0. The number of nitrogen functional groups attached to an aromatic ring is 1. The monoisotopic (exact) mass is 163 g/mol. The summed E-state index contributed by atoms with van der Waals surface area (Å²) in [5.74, 6) is 0. The molecule has 2 aromatic heterocycles. The molecule has 0 radical (unpaired) electrons. The van der Waals surface area contributed by atoms with Crippen LogP contribution in [0.15, 0.2) is 17.0 Å². The lowest BCUT2D eigenvalue weighted by Crippen LogP contribution is -1.91. The van der Waals surface area contributed by atoms with E-state index in [4.69, 9.17) is 10.2 Å². The summed E-state index contributed by atoms with van der Waals surface area (Å²) in [6.07, 6.45) is 3.82. The third kappa shape index (κ3) is 0.845. The first-order valence-corrected chi connectivity index (χ1v) is 3.79. The minimum Gasteiger partial charge on any atom is -0.444 e. The van der Waals surface area contributed by atoms with Gasteiger partial charge in [-0.25, -0.2) is 9.97 Å². The first-order chi connectivity index (χ1) is 5.83. The van der Waals surface area contributed by atoms with Gasteiger partial charge in [0.05, 0.1) is 16.8 Å². The highest BCUT2D eigenvalue weighted by Gasteiger charge is 2.08. The van der Waals surface area contributed by atoms with Crippen molar-refractivity contribution in [1.82, 2.24) is 9.97 Å². The topological polar surface area (TPSA) is 64.9 Å². The first-order valence-electron chi connectivity index (χ1n) is 3.79. The van der Waals surface area contributed by atoms with Crippen molar-refractivity contribution in [1.29, 1.82) is 0 Å². The molecule has 2 N–H and O–H groups in total. The molecule has 0 atom stereocenters. The smallest absolute Gasteiger partial charge is 0.231 e. The lowest BCUT2D eigenvalue weighted by atomic mass is 10.2. The average Bonchev–Trinajstić information content (AvgIpc) is 2.48. The molecule has 0 spiro atoms. The van der Waals surface area contributed by atoms with Crippen molar-refractivity contribution in [3.05, 3.63) is 18.3 Å². The second-order valence-corrected chi connectivity index (χ2v) is 2.55. The van der Waals surface area contributed by atoms with Gasteiger partial charge in [0.2, 0.25) is 5.71 Å². The van der Waals surface area contributed by atoms with Crippen LogP contribution in [-0.4, -0.2) is 9.97 Å². The van der Waals surface area contributed by atoms with Crippen LogP contribution in [0.4, 0.5) is 5.69 Å². The van der Waals surface area contributed by atoms with Crippen LogP contribution in [0.3, 0.4) is 0 Å². The Morgan fingerprint density at radius 2 is 2.33 bits per heavy atom. The van der Waals surface area contributed by atoms with Crippen molar-refractivity contribution in [2.45, 2.75) is 13.3 Å².